The lowest BCUT2D eigenvalue weighted by atomic mass is 10.0. The maximum absolute atomic E-state index is 11.8. The fourth-order valence-corrected chi connectivity index (χ4v) is 4.36. The number of nitrogens with two attached hydrogens (primary N) is 1. The molecule has 1 aromatic rings. The molecule has 148 valence electrons. The van der Waals surface area contributed by atoms with Crippen LogP contribution in [-0.4, -0.2) is 48.4 Å². The highest BCUT2D eigenvalue weighted by molar-refractivity contribution is 7.60. The number of halogens is 1. The lowest BCUT2D eigenvalue weighted by Crippen LogP contribution is -2.38. The number of alkyl halides is 1. The zero-order chi connectivity index (χ0) is 19.6. The molecule has 0 aromatic carbocycles. The van der Waals surface area contributed by atoms with E-state index in [2.05, 4.69) is 13.8 Å². The van der Waals surface area contributed by atoms with Gasteiger partial charge in [-0.25, -0.2) is 13.9 Å². The van der Waals surface area contributed by atoms with Gasteiger partial charge in [-0.05, 0) is 18.9 Å². The number of nitrogen functional groups attached to an aromatic ring is 1. The number of hydrogen-bond donors (Lipinski definition) is 4. The summed E-state index contributed by atoms with van der Waals surface area (Å²) < 4.78 is 37.6. The first kappa shape index (κ1) is 21.5. The van der Waals surface area contributed by atoms with Gasteiger partial charge in [0.1, 0.15) is 11.4 Å². The third kappa shape index (κ3) is 6.12. The Balaban J connectivity index is 1.99. The van der Waals surface area contributed by atoms with Gasteiger partial charge < -0.3 is 25.2 Å². The SMILES string of the molecule is Nc1ccn(C[C@H]2CC[C@@](CCl)(COP(=O)(O)OP(=O)(O)O)O2)c(=O)n1. The van der Waals surface area contributed by atoms with Gasteiger partial charge in [0.05, 0.1) is 25.1 Å². The first-order valence-corrected chi connectivity index (χ1v) is 10.8. The molecule has 26 heavy (non-hydrogen) atoms. The Labute approximate surface area is 152 Å². The van der Waals surface area contributed by atoms with Gasteiger partial charge in [0.2, 0.25) is 0 Å². The van der Waals surface area contributed by atoms with Crippen LogP contribution in [0.3, 0.4) is 0 Å². The smallest absolute Gasteiger partial charge is 0.383 e. The van der Waals surface area contributed by atoms with Gasteiger partial charge in [0, 0.05) is 6.20 Å². The van der Waals surface area contributed by atoms with E-state index in [9.17, 15) is 18.8 Å². The standard InChI is InChI=1S/C11H18ClN3O9P2/c12-6-11(7-22-26(20,21)24-25(17,18)19)3-1-8(23-11)5-15-4-2-9(13)14-10(15)16/h2,4,8H,1,3,5-7H2,(H,20,21)(H2,13,14,16)(H2,17,18,19)/t8-,11-/m1/s1. The van der Waals surface area contributed by atoms with Crippen molar-refractivity contribution in [1.82, 2.24) is 9.55 Å². The van der Waals surface area contributed by atoms with Gasteiger partial charge in [0.25, 0.3) is 0 Å². The molecule has 1 aromatic heterocycles. The Kier molecular flexibility index (Phi) is 6.66. The number of rotatable bonds is 8. The molecule has 0 aliphatic carbocycles. The predicted octanol–water partition coefficient (Wildman–Crippen LogP) is 0.208. The van der Waals surface area contributed by atoms with E-state index < -0.39 is 39.6 Å². The quantitative estimate of drug-likeness (QED) is 0.324. The van der Waals surface area contributed by atoms with E-state index in [1.54, 1.807) is 0 Å². The number of nitrogens with zero attached hydrogens (tertiary/aromatic N) is 2. The van der Waals surface area contributed by atoms with Gasteiger partial charge in [0.15, 0.2) is 0 Å². The average molecular weight is 434 g/mol. The summed E-state index contributed by atoms with van der Waals surface area (Å²) in [6.07, 6.45) is 1.79. The fourth-order valence-electron chi connectivity index (χ4n) is 2.42. The van der Waals surface area contributed by atoms with Crippen molar-refractivity contribution >= 4 is 33.1 Å². The van der Waals surface area contributed by atoms with E-state index in [1.807, 2.05) is 0 Å². The highest BCUT2D eigenvalue weighted by Gasteiger charge is 2.43. The Morgan fingerprint density at radius 1 is 1.46 bits per heavy atom. The van der Waals surface area contributed by atoms with E-state index in [0.29, 0.717) is 12.8 Å². The van der Waals surface area contributed by atoms with E-state index in [4.69, 9.17) is 31.9 Å². The maximum atomic E-state index is 11.8. The third-order valence-electron chi connectivity index (χ3n) is 3.58. The fraction of sp³-hybridized carbons (Fsp3) is 0.636. The van der Waals surface area contributed by atoms with Crippen molar-refractivity contribution in [3.63, 3.8) is 0 Å². The van der Waals surface area contributed by atoms with Crippen molar-refractivity contribution in [1.29, 1.82) is 0 Å². The number of phosphoric ester groups is 1. The van der Waals surface area contributed by atoms with Crippen LogP contribution in [0.1, 0.15) is 12.8 Å². The van der Waals surface area contributed by atoms with Crippen LogP contribution in [-0.2, 0) is 29.2 Å². The van der Waals surface area contributed by atoms with Gasteiger partial charge in [-0.15, -0.1) is 11.6 Å². The first-order chi connectivity index (χ1) is 11.9. The molecule has 1 unspecified atom stereocenters. The van der Waals surface area contributed by atoms with Crippen LogP contribution in [0.2, 0.25) is 0 Å². The van der Waals surface area contributed by atoms with Gasteiger partial charge in [-0.2, -0.15) is 9.29 Å². The minimum absolute atomic E-state index is 0.0887. The number of phosphoric acid groups is 2. The Morgan fingerprint density at radius 2 is 2.15 bits per heavy atom. The molecular formula is C11H18ClN3O9P2. The summed E-state index contributed by atoms with van der Waals surface area (Å²) in [4.78, 5) is 41.9. The van der Waals surface area contributed by atoms with Crippen molar-refractivity contribution < 1.29 is 37.4 Å². The first-order valence-electron chi connectivity index (χ1n) is 7.25. The molecule has 0 spiro atoms. The highest BCUT2D eigenvalue weighted by atomic mass is 35.5. The monoisotopic (exact) mass is 433 g/mol. The van der Waals surface area contributed by atoms with Crippen molar-refractivity contribution in [3.8, 4) is 0 Å². The summed E-state index contributed by atoms with van der Waals surface area (Å²) >= 11 is 5.88. The van der Waals surface area contributed by atoms with Gasteiger partial charge in [-0.3, -0.25) is 9.09 Å². The van der Waals surface area contributed by atoms with Crippen LogP contribution in [0.15, 0.2) is 17.1 Å². The van der Waals surface area contributed by atoms with E-state index >= 15 is 0 Å². The minimum atomic E-state index is -5.21. The molecule has 3 atom stereocenters. The largest absolute Gasteiger partial charge is 0.481 e. The number of hydrogen-bond acceptors (Lipinski definition) is 8. The molecule has 5 N–H and O–H groups in total. The average Bonchev–Trinajstić information content (AvgIpc) is 2.90. The number of ether oxygens (including phenoxy) is 1. The molecule has 0 radical (unpaired) electrons. The van der Waals surface area contributed by atoms with E-state index in [-0.39, 0.29) is 18.2 Å². The highest BCUT2D eigenvalue weighted by Crippen LogP contribution is 2.58. The Bertz CT molecular complexity index is 799. The number of aromatic nitrogens is 2. The molecule has 12 nitrogen and oxygen atoms in total. The zero-order valence-corrected chi connectivity index (χ0v) is 15.8. The van der Waals surface area contributed by atoms with Crippen LogP contribution in [0.4, 0.5) is 5.82 Å². The van der Waals surface area contributed by atoms with Crippen LogP contribution < -0.4 is 11.4 Å². The normalized spacial score (nSPS) is 25.9. The van der Waals surface area contributed by atoms with Gasteiger partial charge in [-0.1, -0.05) is 0 Å². The summed E-state index contributed by atoms with van der Waals surface area (Å²) in [6, 6.07) is 1.45. The third-order valence-corrected chi connectivity index (χ3v) is 6.20. The summed E-state index contributed by atoms with van der Waals surface area (Å²) in [7, 11) is -10.2. The maximum Gasteiger partial charge on any atom is 0.481 e. The molecular weight excluding hydrogens is 416 g/mol. The number of anilines is 1. The van der Waals surface area contributed by atoms with E-state index in [0.717, 1.165) is 0 Å². The second-order valence-electron chi connectivity index (χ2n) is 5.70. The lowest BCUT2D eigenvalue weighted by molar-refractivity contribution is -0.0615. The summed E-state index contributed by atoms with van der Waals surface area (Å²) in [5, 5.41) is 0. The van der Waals surface area contributed by atoms with E-state index in [1.165, 1.54) is 16.8 Å². The molecule has 0 saturated carbocycles. The second kappa shape index (κ2) is 8.05. The summed E-state index contributed by atoms with van der Waals surface area (Å²) in [5.41, 5.74) is 3.69. The van der Waals surface area contributed by atoms with Crippen molar-refractivity contribution in [2.24, 2.45) is 0 Å². The predicted molar refractivity (Wildman–Crippen MR) is 89.4 cm³/mol. The summed E-state index contributed by atoms with van der Waals surface area (Å²) in [6.45, 7) is -0.379. The Morgan fingerprint density at radius 3 is 2.73 bits per heavy atom. The van der Waals surface area contributed by atoms with Crippen molar-refractivity contribution in [2.75, 3.05) is 18.2 Å². The zero-order valence-electron chi connectivity index (χ0n) is 13.3. The molecule has 1 fully saturated rings. The molecule has 2 heterocycles. The second-order valence-corrected chi connectivity index (χ2v) is 8.79. The lowest BCUT2D eigenvalue weighted by Gasteiger charge is -2.27. The Hall–Kier alpha value is -0.810. The molecule has 1 aliphatic heterocycles. The topological polar surface area (TPSA) is 183 Å². The van der Waals surface area contributed by atoms with Gasteiger partial charge >= 0.3 is 21.3 Å². The van der Waals surface area contributed by atoms with Crippen molar-refractivity contribution in [2.45, 2.75) is 31.1 Å². The van der Waals surface area contributed by atoms with Crippen molar-refractivity contribution in [3.05, 3.63) is 22.7 Å². The summed E-state index contributed by atoms with van der Waals surface area (Å²) in [5.74, 6) is -0.0280. The van der Waals surface area contributed by atoms with Crippen LogP contribution in [0.5, 0.6) is 0 Å². The molecule has 0 bridgehead atoms. The van der Waals surface area contributed by atoms with Crippen LogP contribution in [0, 0.1) is 0 Å². The molecule has 0 amide bonds. The molecule has 1 saturated heterocycles. The van der Waals surface area contributed by atoms with Crippen LogP contribution in [0.25, 0.3) is 0 Å². The molecule has 2 rings (SSSR count). The molecule has 15 heteroatoms. The minimum Gasteiger partial charge on any atom is -0.383 e. The van der Waals surface area contributed by atoms with Crippen LogP contribution >= 0.6 is 27.2 Å². The molecule has 1 aliphatic rings.